The molecule has 19 heavy (non-hydrogen) atoms. The molecule has 0 saturated carbocycles. The predicted molar refractivity (Wildman–Crippen MR) is 71.6 cm³/mol. The van der Waals surface area contributed by atoms with E-state index in [9.17, 15) is 4.79 Å². The summed E-state index contributed by atoms with van der Waals surface area (Å²) < 4.78 is 2.58. The van der Waals surface area contributed by atoms with Crippen molar-refractivity contribution in [1.29, 1.82) is 0 Å². The molecule has 2 heterocycles. The summed E-state index contributed by atoms with van der Waals surface area (Å²) >= 11 is 1.55. The second kappa shape index (κ2) is 4.77. The number of hydrogen-bond donors (Lipinski definition) is 0. The lowest BCUT2D eigenvalue weighted by atomic mass is 10.3. The maximum absolute atomic E-state index is 12.2. The van der Waals surface area contributed by atoms with Crippen LogP contribution in [0.3, 0.4) is 0 Å². The van der Waals surface area contributed by atoms with Gasteiger partial charge in [-0.25, -0.2) is 9.78 Å². The van der Waals surface area contributed by atoms with Crippen LogP contribution in [-0.2, 0) is 6.54 Å². The number of aromatic nitrogens is 5. The van der Waals surface area contributed by atoms with E-state index in [1.165, 1.54) is 9.36 Å². The van der Waals surface area contributed by atoms with Gasteiger partial charge in [-0.3, -0.25) is 0 Å². The molecule has 0 N–H and O–H groups in total. The van der Waals surface area contributed by atoms with E-state index in [1.807, 2.05) is 42.6 Å². The molecule has 0 saturated heterocycles. The third kappa shape index (κ3) is 2.32. The Morgan fingerprint density at radius 3 is 2.68 bits per heavy atom. The number of rotatable bonds is 3. The first-order valence-electron chi connectivity index (χ1n) is 5.73. The van der Waals surface area contributed by atoms with E-state index in [1.54, 1.807) is 11.3 Å². The summed E-state index contributed by atoms with van der Waals surface area (Å²) in [6.07, 6.45) is 0. The Bertz CT molecular complexity index is 743. The van der Waals surface area contributed by atoms with Crippen LogP contribution in [0.1, 0.15) is 10.7 Å². The van der Waals surface area contributed by atoms with Crippen molar-refractivity contribution in [2.45, 2.75) is 13.5 Å². The highest BCUT2D eigenvalue weighted by Gasteiger charge is 2.09. The largest absolute Gasteiger partial charge is 0.368 e. The van der Waals surface area contributed by atoms with Crippen molar-refractivity contribution in [3.05, 3.63) is 56.9 Å². The lowest BCUT2D eigenvalue weighted by Gasteiger charge is -1.96. The van der Waals surface area contributed by atoms with Crippen LogP contribution in [0.5, 0.6) is 0 Å². The highest BCUT2D eigenvalue weighted by atomic mass is 32.1. The van der Waals surface area contributed by atoms with Crippen LogP contribution in [-0.4, -0.2) is 24.8 Å². The number of para-hydroxylation sites is 1. The van der Waals surface area contributed by atoms with Gasteiger partial charge < -0.3 is 0 Å². The van der Waals surface area contributed by atoms with Crippen molar-refractivity contribution in [3.8, 4) is 5.69 Å². The molecule has 0 amide bonds. The van der Waals surface area contributed by atoms with Crippen LogP contribution in [0.4, 0.5) is 0 Å². The van der Waals surface area contributed by atoms with E-state index in [0.29, 0.717) is 12.2 Å². The molecule has 2 aromatic heterocycles. The maximum atomic E-state index is 12.2. The number of hydrogen-bond acceptors (Lipinski definition) is 5. The average Bonchev–Trinajstić information content (AvgIpc) is 2.99. The molecule has 6 nitrogen and oxygen atoms in total. The molecular weight excluding hydrogens is 262 g/mol. The van der Waals surface area contributed by atoms with Gasteiger partial charge in [-0.15, -0.1) is 11.3 Å². The van der Waals surface area contributed by atoms with Gasteiger partial charge in [0.1, 0.15) is 0 Å². The molecule has 0 bridgehead atoms. The minimum Gasteiger partial charge on any atom is -0.245 e. The minimum absolute atomic E-state index is 0.267. The van der Waals surface area contributed by atoms with Crippen molar-refractivity contribution in [2.24, 2.45) is 0 Å². The quantitative estimate of drug-likeness (QED) is 0.720. The van der Waals surface area contributed by atoms with E-state index >= 15 is 0 Å². The molecule has 7 heteroatoms. The fraction of sp³-hybridized carbons (Fsp3) is 0.167. The lowest BCUT2D eigenvalue weighted by Crippen LogP contribution is -2.24. The van der Waals surface area contributed by atoms with Gasteiger partial charge in [-0.2, -0.15) is 9.36 Å². The monoisotopic (exact) mass is 273 g/mol. The first-order chi connectivity index (χ1) is 9.24. The topological polar surface area (TPSA) is 65.6 Å². The second-order valence-electron chi connectivity index (χ2n) is 4.02. The van der Waals surface area contributed by atoms with Gasteiger partial charge >= 0.3 is 5.69 Å². The normalized spacial score (nSPS) is 10.8. The molecule has 1 aromatic carbocycles. The highest BCUT2D eigenvalue weighted by molar-refractivity contribution is 7.09. The predicted octanol–water partition coefficient (Wildman–Crippen LogP) is 1.24. The Labute approximate surface area is 112 Å². The zero-order chi connectivity index (χ0) is 13.2. The van der Waals surface area contributed by atoms with Crippen molar-refractivity contribution in [1.82, 2.24) is 24.8 Å². The van der Waals surface area contributed by atoms with Crippen molar-refractivity contribution in [2.75, 3.05) is 0 Å². The average molecular weight is 273 g/mol. The van der Waals surface area contributed by atoms with Crippen LogP contribution in [0.25, 0.3) is 5.69 Å². The smallest absolute Gasteiger partial charge is 0.245 e. The molecule has 0 spiro atoms. The molecule has 0 fully saturated rings. The summed E-state index contributed by atoms with van der Waals surface area (Å²) in [4.78, 5) is 16.5. The summed E-state index contributed by atoms with van der Waals surface area (Å²) in [5, 5.41) is 10.7. The van der Waals surface area contributed by atoms with Gasteiger partial charge in [0.05, 0.1) is 22.9 Å². The highest BCUT2D eigenvalue weighted by Crippen LogP contribution is 2.08. The Kier molecular flexibility index (Phi) is 2.96. The van der Waals surface area contributed by atoms with E-state index in [4.69, 9.17) is 0 Å². The minimum atomic E-state index is -0.267. The zero-order valence-corrected chi connectivity index (χ0v) is 11.0. The van der Waals surface area contributed by atoms with Crippen molar-refractivity contribution < 1.29 is 0 Å². The van der Waals surface area contributed by atoms with Crippen molar-refractivity contribution >= 4 is 11.3 Å². The number of aryl methyl sites for hydroxylation is 1. The molecule has 0 aliphatic heterocycles. The van der Waals surface area contributed by atoms with Crippen LogP contribution >= 0.6 is 11.3 Å². The fourth-order valence-corrected chi connectivity index (χ4v) is 2.34. The van der Waals surface area contributed by atoms with Gasteiger partial charge in [0.25, 0.3) is 0 Å². The van der Waals surface area contributed by atoms with E-state index in [2.05, 4.69) is 15.4 Å². The Balaban J connectivity index is 1.93. The molecule has 3 aromatic rings. The van der Waals surface area contributed by atoms with Gasteiger partial charge in [-0.05, 0) is 29.5 Å². The molecule has 96 valence electrons. The summed E-state index contributed by atoms with van der Waals surface area (Å²) in [5.74, 6) is 0. The molecule has 0 unspecified atom stereocenters. The SMILES string of the molecule is Cc1nc(Cn2nnn(-c3ccccc3)c2=O)cs1. The van der Waals surface area contributed by atoms with Gasteiger partial charge in [0.15, 0.2) is 0 Å². The summed E-state index contributed by atoms with van der Waals surface area (Å²) in [5.41, 5.74) is 1.26. The second-order valence-corrected chi connectivity index (χ2v) is 5.09. The molecular formula is C12H11N5OS. The lowest BCUT2D eigenvalue weighted by molar-refractivity contribution is 0.623. The number of nitrogens with zero attached hydrogens (tertiary/aromatic N) is 5. The van der Waals surface area contributed by atoms with E-state index in [0.717, 1.165) is 10.7 Å². The Hall–Kier alpha value is -2.28. The molecule has 0 aliphatic carbocycles. The Morgan fingerprint density at radius 2 is 2.00 bits per heavy atom. The number of thiazole rings is 1. The Morgan fingerprint density at radius 1 is 1.21 bits per heavy atom. The van der Waals surface area contributed by atoms with E-state index < -0.39 is 0 Å². The number of benzene rings is 1. The first kappa shape index (κ1) is 11.8. The van der Waals surface area contributed by atoms with Crippen LogP contribution in [0.15, 0.2) is 40.5 Å². The van der Waals surface area contributed by atoms with Gasteiger partial charge in [0.2, 0.25) is 0 Å². The summed E-state index contributed by atoms with van der Waals surface area (Å²) in [6, 6.07) is 9.22. The van der Waals surface area contributed by atoms with Crippen LogP contribution in [0, 0.1) is 6.92 Å². The summed E-state index contributed by atoms with van der Waals surface area (Å²) in [6.45, 7) is 2.27. The summed E-state index contributed by atoms with van der Waals surface area (Å²) in [7, 11) is 0. The van der Waals surface area contributed by atoms with E-state index in [-0.39, 0.29) is 5.69 Å². The number of tetrazole rings is 1. The van der Waals surface area contributed by atoms with Gasteiger partial charge in [0, 0.05) is 5.38 Å². The fourth-order valence-electron chi connectivity index (χ4n) is 1.74. The van der Waals surface area contributed by atoms with Crippen molar-refractivity contribution in [3.63, 3.8) is 0 Å². The van der Waals surface area contributed by atoms with Gasteiger partial charge in [-0.1, -0.05) is 18.2 Å². The molecule has 3 rings (SSSR count). The molecule has 0 atom stereocenters. The molecule has 0 aliphatic rings. The van der Waals surface area contributed by atoms with Crippen LogP contribution in [0.2, 0.25) is 0 Å². The third-order valence-corrected chi connectivity index (χ3v) is 3.44. The standard InChI is InChI=1S/C12H11N5OS/c1-9-13-10(8-19-9)7-16-12(18)17(15-14-16)11-5-3-2-4-6-11/h2-6,8H,7H2,1H3. The van der Waals surface area contributed by atoms with Crippen LogP contribution < -0.4 is 5.69 Å². The molecule has 0 radical (unpaired) electrons. The zero-order valence-electron chi connectivity index (χ0n) is 10.2. The maximum Gasteiger partial charge on any atom is 0.368 e. The third-order valence-electron chi connectivity index (χ3n) is 2.62. The first-order valence-corrected chi connectivity index (χ1v) is 6.61.